The minimum Gasteiger partial charge on any atom is -0.479 e. The number of carboxylic acids is 1. The molecule has 7 nitrogen and oxygen atoms in total. The first-order valence-corrected chi connectivity index (χ1v) is 11.3. The first-order valence-electron chi connectivity index (χ1n) is 11.3. The number of ether oxygens (including phenoxy) is 1. The fourth-order valence-electron chi connectivity index (χ4n) is 4.27. The second-order valence-electron chi connectivity index (χ2n) is 8.39. The van der Waals surface area contributed by atoms with Crippen molar-refractivity contribution in [2.45, 2.75) is 18.4 Å². The molecule has 35 heavy (non-hydrogen) atoms. The number of carbonyl (C=O) groups excluding carboxylic acids is 2. The smallest absolute Gasteiger partial charge is 0.407 e. The van der Waals surface area contributed by atoms with Gasteiger partial charge in [-0.3, -0.25) is 4.79 Å². The maximum Gasteiger partial charge on any atom is 0.407 e. The fraction of sp³-hybridized carbons (Fsp3) is 0.179. The van der Waals surface area contributed by atoms with Crippen LogP contribution in [0.15, 0.2) is 91.0 Å². The van der Waals surface area contributed by atoms with E-state index in [1.807, 2.05) is 36.4 Å². The summed E-state index contributed by atoms with van der Waals surface area (Å²) in [5, 5.41) is 14.7. The Morgan fingerprint density at radius 2 is 1.49 bits per heavy atom. The third kappa shape index (κ3) is 5.09. The van der Waals surface area contributed by atoms with E-state index < -0.39 is 23.5 Å². The lowest BCUT2D eigenvalue weighted by molar-refractivity contribution is -0.146. The Morgan fingerprint density at radius 3 is 2.09 bits per heavy atom. The molecule has 3 aromatic rings. The van der Waals surface area contributed by atoms with Gasteiger partial charge in [0.05, 0.1) is 0 Å². The molecule has 3 N–H and O–H groups in total. The monoisotopic (exact) mass is 470 g/mol. The van der Waals surface area contributed by atoms with Gasteiger partial charge in [0.25, 0.3) is 0 Å². The number of alkyl carbamates (subject to hydrolysis) is 1. The van der Waals surface area contributed by atoms with Crippen molar-refractivity contribution in [3.05, 3.63) is 108 Å². The SMILES string of the molecule is CC(NC(=O)/C=C/CNC(=O)OCC1c2ccccc2-c2ccccc21)(C(=O)O)c1ccccc1. The molecule has 178 valence electrons. The largest absolute Gasteiger partial charge is 0.479 e. The van der Waals surface area contributed by atoms with Gasteiger partial charge in [-0.15, -0.1) is 0 Å². The van der Waals surface area contributed by atoms with Crippen LogP contribution in [0.1, 0.15) is 29.5 Å². The summed E-state index contributed by atoms with van der Waals surface area (Å²) in [5.74, 6) is -1.81. The minimum atomic E-state index is -1.58. The van der Waals surface area contributed by atoms with E-state index in [1.54, 1.807) is 30.3 Å². The molecule has 0 saturated carbocycles. The summed E-state index contributed by atoms with van der Waals surface area (Å²) in [6, 6.07) is 24.6. The molecule has 0 radical (unpaired) electrons. The van der Waals surface area contributed by atoms with Crippen molar-refractivity contribution >= 4 is 18.0 Å². The number of rotatable bonds is 8. The number of amides is 2. The predicted octanol–water partition coefficient (Wildman–Crippen LogP) is 4.20. The second kappa shape index (κ2) is 10.3. The van der Waals surface area contributed by atoms with E-state index in [2.05, 4.69) is 22.8 Å². The van der Waals surface area contributed by atoms with Gasteiger partial charge in [-0.05, 0) is 34.7 Å². The normalized spacial score (nSPS) is 14.0. The molecule has 0 aliphatic heterocycles. The van der Waals surface area contributed by atoms with Crippen LogP contribution >= 0.6 is 0 Å². The Kier molecular flexibility index (Phi) is 6.96. The maximum absolute atomic E-state index is 12.3. The highest BCUT2D eigenvalue weighted by atomic mass is 16.5. The molecular weight excluding hydrogens is 444 g/mol. The number of fused-ring (bicyclic) bond motifs is 3. The number of hydrogen-bond donors (Lipinski definition) is 3. The topological polar surface area (TPSA) is 105 Å². The van der Waals surface area contributed by atoms with Gasteiger partial charge in [0.1, 0.15) is 6.61 Å². The number of aliphatic carboxylic acids is 1. The van der Waals surface area contributed by atoms with Crippen molar-refractivity contribution in [2.24, 2.45) is 0 Å². The van der Waals surface area contributed by atoms with E-state index >= 15 is 0 Å². The van der Waals surface area contributed by atoms with Crippen molar-refractivity contribution < 1.29 is 24.2 Å². The zero-order valence-electron chi connectivity index (χ0n) is 19.2. The van der Waals surface area contributed by atoms with Crippen LogP contribution in [0.2, 0.25) is 0 Å². The third-order valence-corrected chi connectivity index (χ3v) is 6.13. The molecule has 1 aliphatic carbocycles. The van der Waals surface area contributed by atoms with E-state index in [1.165, 1.54) is 19.1 Å². The van der Waals surface area contributed by atoms with Gasteiger partial charge in [0.15, 0.2) is 5.54 Å². The Morgan fingerprint density at radius 1 is 0.914 bits per heavy atom. The summed E-state index contributed by atoms with van der Waals surface area (Å²) in [5.41, 5.74) is 3.41. The summed E-state index contributed by atoms with van der Waals surface area (Å²) in [6.45, 7) is 1.67. The van der Waals surface area contributed by atoms with Gasteiger partial charge in [-0.2, -0.15) is 0 Å². The molecule has 7 heteroatoms. The van der Waals surface area contributed by atoms with Gasteiger partial charge in [-0.25, -0.2) is 9.59 Å². The van der Waals surface area contributed by atoms with Crippen LogP contribution in [0, 0.1) is 0 Å². The van der Waals surface area contributed by atoms with Crippen LogP contribution in [-0.4, -0.2) is 36.2 Å². The fourth-order valence-corrected chi connectivity index (χ4v) is 4.27. The van der Waals surface area contributed by atoms with E-state index in [9.17, 15) is 19.5 Å². The van der Waals surface area contributed by atoms with Gasteiger partial charge < -0.3 is 20.5 Å². The lowest BCUT2D eigenvalue weighted by atomic mass is 9.92. The molecule has 0 fully saturated rings. The molecule has 1 aliphatic rings. The second-order valence-corrected chi connectivity index (χ2v) is 8.39. The lowest BCUT2D eigenvalue weighted by Crippen LogP contribution is -2.49. The number of carboxylic acid groups (broad SMARTS) is 1. The average molecular weight is 471 g/mol. The first-order chi connectivity index (χ1) is 16.9. The molecule has 1 unspecified atom stereocenters. The highest BCUT2D eigenvalue weighted by Gasteiger charge is 2.36. The Hall–Kier alpha value is -4.39. The molecule has 0 bridgehead atoms. The quantitative estimate of drug-likeness (QED) is 0.428. The molecule has 0 spiro atoms. The van der Waals surface area contributed by atoms with Crippen molar-refractivity contribution in [2.75, 3.05) is 13.2 Å². The first kappa shape index (κ1) is 23.8. The maximum atomic E-state index is 12.3. The molecular formula is C28H26N2O5. The number of hydrogen-bond acceptors (Lipinski definition) is 4. The Balaban J connectivity index is 1.29. The summed E-state index contributed by atoms with van der Waals surface area (Å²) in [4.78, 5) is 36.3. The van der Waals surface area contributed by atoms with Gasteiger partial charge >= 0.3 is 12.1 Å². The van der Waals surface area contributed by atoms with Crippen LogP contribution in [0.3, 0.4) is 0 Å². The van der Waals surface area contributed by atoms with Crippen molar-refractivity contribution in [3.8, 4) is 11.1 Å². The molecule has 0 aromatic heterocycles. The standard InChI is InChI=1S/C28H26N2O5/c1-28(26(32)33,19-10-3-2-4-11-19)30-25(31)16-9-17-29-27(34)35-18-24-22-14-7-5-12-20(22)21-13-6-8-15-23(21)24/h2-16,24H,17-18H2,1H3,(H,29,34)(H,30,31)(H,32,33)/b16-9+. The summed E-state index contributed by atoms with van der Waals surface area (Å²) in [6.07, 6.45) is 2.02. The Labute approximate surface area is 203 Å². The van der Waals surface area contributed by atoms with Crippen molar-refractivity contribution in [3.63, 3.8) is 0 Å². The van der Waals surface area contributed by atoms with E-state index in [4.69, 9.17) is 4.74 Å². The van der Waals surface area contributed by atoms with E-state index in [0.717, 1.165) is 22.3 Å². The third-order valence-electron chi connectivity index (χ3n) is 6.13. The zero-order chi connectivity index (χ0) is 24.8. The van der Waals surface area contributed by atoms with E-state index in [-0.39, 0.29) is 19.1 Å². The summed E-state index contributed by atoms with van der Waals surface area (Å²) < 4.78 is 5.45. The van der Waals surface area contributed by atoms with Crippen molar-refractivity contribution in [1.82, 2.24) is 10.6 Å². The highest BCUT2D eigenvalue weighted by molar-refractivity contribution is 5.93. The molecule has 0 saturated heterocycles. The summed E-state index contributed by atoms with van der Waals surface area (Å²) >= 11 is 0. The summed E-state index contributed by atoms with van der Waals surface area (Å²) in [7, 11) is 0. The van der Waals surface area contributed by atoms with Crippen LogP contribution in [0.25, 0.3) is 11.1 Å². The number of nitrogens with one attached hydrogen (secondary N) is 2. The molecule has 0 heterocycles. The zero-order valence-corrected chi connectivity index (χ0v) is 19.2. The van der Waals surface area contributed by atoms with Gasteiger partial charge in [-0.1, -0.05) is 84.9 Å². The van der Waals surface area contributed by atoms with Gasteiger partial charge in [0.2, 0.25) is 5.91 Å². The number of carbonyl (C=O) groups is 3. The Bertz CT molecular complexity index is 1230. The average Bonchev–Trinajstić information content (AvgIpc) is 3.19. The van der Waals surface area contributed by atoms with Crippen LogP contribution in [0.4, 0.5) is 4.79 Å². The minimum absolute atomic E-state index is 0.0406. The van der Waals surface area contributed by atoms with Crippen molar-refractivity contribution in [1.29, 1.82) is 0 Å². The molecule has 4 rings (SSSR count). The van der Waals surface area contributed by atoms with Crippen LogP contribution in [0.5, 0.6) is 0 Å². The van der Waals surface area contributed by atoms with Crippen LogP contribution < -0.4 is 10.6 Å². The lowest BCUT2D eigenvalue weighted by Gasteiger charge is -2.26. The highest BCUT2D eigenvalue weighted by Crippen LogP contribution is 2.44. The van der Waals surface area contributed by atoms with Crippen LogP contribution in [-0.2, 0) is 19.9 Å². The molecule has 3 aromatic carbocycles. The van der Waals surface area contributed by atoms with Gasteiger partial charge in [0, 0.05) is 18.5 Å². The predicted molar refractivity (Wildman–Crippen MR) is 132 cm³/mol. The number of benzene rings is 3. The molecule has 1 atom stereocenters. The van der Waals surface area contributed by atoms with E-state index in [0.29, 0.717) is 5.56 Å². The molecule has 2 amide bonds.